The van der Waals surface area contributed by atoms with Crippen molar-refractivity contribution in [2.45, 2.75) is 20.3 Å². The minimum absolute atomic E-state index is 0.654. The average Bonchev–Trinajstić information content (AvgIpc) is 2.16. The summed E-state index contributed by atoms with van der Waals surface area (Å²) in [6.07, 6.45) is 2.91. The first kappa shape index (κ1) is 9.84. The second kappa shape index (κ2) is 4.70. The minimum atomic E-state index is 0.654. The van der Waals surface area contributed by atoms with Crippen molar-refractivity contribution in [1.29, 1.82) is 0 Å². The fourth-order valence-corrected chi connectivity index (χ4v) is 0.981. The molecule has 0 aliphatic carbocycles. The number of anilines is 2. The fourth-order valence-electron chi connectivity index (χ4n) is 0.981. The molecule has 0 spiro atoms. The lowest BCUT2D eigenvalue weighted by molar-refractivity contribution is 0.592. The van der Waals surface area contributed by atoms with Crippen molar-refractivity contribution in [2.24, 2.45) is 5.92 Å². The van der Waals surface area contributed by atoms with E-state index in [0.717, 1.165) is 12.4 Å². The van der Waals surface area contributed by atoms with E-state index < -0.39 is 0 Å². The van der Waals surface area contributed by atoms with Gasteiger partial charge in [-0.3, -0.25) is 0 Å². The first-order valence-electron chi connectivity index (χ1n) is 4.68. The van der Waals surface area contributed by atoms with Gasteiger partial charge in [-0.15, -0.1) is 0 Å². The quantitative estimate of drug-likeness (QED) is 0.744. The molecule has 0 fully saturated rings. The molecule has 0 amide bonds. The Bertz CT molecular complexity index is 260. The molecule has 3 heteroatoms. The molecule has 0 aliphatic rings. The van der Waals surface area contributed by atoms with Crippen molar-refractivity contribution in [3.63, 3.8) is 0 Å². The van der Waals surface area contributed by atoms with Gasteiger partial charge in [0.05, 0.1) is 5.69 Å². The lowest BCUT2D eigenvalue weighted by atomic mass is 10.1. The summed E-state index contributed by atoms with van der Waals surface area (Å²) in [5.74, 6) is 1.45. The minimum Gasteiger partial charge on any atom is -0.396 e. The number of nitrogens with one attached hydrogen (secondary N) is 1. The average molecular weight is 179 g/mol. The number of nitrogens with zero attached hydrogens (tertiary/aromatic N) is 1. The van der Waals surface area contributed by atoms with Crippen LogP contribution >= 0.6 is 0 Å². The van der Waals surface area contributed by atoms with Gasteiger partial charge in [-0.1, -0.05) is 20.3 Å². The Morgan fingerprint density at radius 3 is 3.00 bits per heavy atom. The highest BCUT2D eigenvalue weighted by Crippen LogP contribution is 2.13. The standard InChI is InChI=1S/C10H17N3/c1-3-8(2)7-13-10-9(11)5-4-6-12-10/h4-6,8H,3,7,11H2,1-2H3,(H,12,13). The third-order valence-corrected chi connectivity index (χ3v) is 2.15. The van der Waals surface area contributed by atoms with E-state index in [0.29, 0.717) is 11.6 Å². The smallest absolute Gasteiger partial charge is 0.149 e. The van der Waals surface area contributed by atoms with E-state index in [2.05, 4.69) is 24.1 Å². The van der Waals surface area contributed by atoms with Crippen LogP contribution < -0.4 is 11.1 Å². The van der Waals surface area contributed by atoms with Crippen LogP contribution in [0.4, 0.5) is 11.5 Å². The Morgan fingerprint density at radius 2 is 2.38 bits per heavy atom. The largest absolute Gasteiger partial charge is 0.396 e. The van der Waals surface area contributed by atoms with Crippen molar-refractivity contribution in [3.8, 4) is 0 Å². The summed E-state index contributed by atoms with van der Waals surface area (Å²) in [5, 5.41) is 3.23. The SMILES string of the molecule is CCC(C)CNc1ncccc1N. The molecule has 0 radical (unpaired) electrons. The van der Waals surface area contributed by atoms with Crippen molar-refractivity contribution in [1.82, 2.24) is 4.98 Å². The zero-order valence-electron chi connectivity index (χ0n) is 8.25. The van der Waals surface area contributed by atoms with E-state index >= 15 is 0 Å². The molecule has 0 aliphatic heterocycles. The van der Waals surface area contributed by atoms with E-state index in [1.807, 2.05) is 12.1 Å². The Morgan fingerprint density at radius 1 is 1.62 bits per heavy atom. The van der Waals surface area contributed by atoms with Crippen LogP contribution in [0.3, 0.4) is 0 Å². The maximum Gasteiger partial charge on any atom is 0.149 e. The molecule has 0 bridgehead atoms. The van der Waals surface area contributed by atoms with Gasteiger partial charge in [0.25, 0.3) is 0 Å². The van der Waals surface area contributed by atoms with E-state index in [1.165, 1.54) is 6.42 Å². The molecule has 1 unspecified atom stereocenters. The summed E-state index contributed by atoms with van der Waals surface area (Å²) in [4.78, 5) is 4.15. The van der Waals surface area contributed by atoms with Crippen LogP contribution in [0.1, 0.15) is 20.3 Å². The van der Waals surface area contributed by atoms with Crippen molar-refractivity contribution in [2.75, 3.05) is 17.6 Å². The van der Waals surface area contributed by atoms with Gasteiger partial charge in [-0.25, -0.2) is 4.98 Å². The van der Waals surface area contributed by atoms with Crippen LogP contribution in [0.5, 0.6) is 0 Å². The lowest BCUT2D eigenvalue weighted by Crippen LogP contribution is -2.12. The van der Waals surface area contributed by atoms with Crippen LogP contribution in [0.25, 0.3) is 0 Å². The Kier molecular flexibility index (Phi) is 3.55. The zero-order valence-corrected chi connectivity index (χ0v) is 8.25. The van der Waals surface area contributed by atoms with Gasteiger partial charge in [-0.2, -0.15) is 0 Å². The normalized spacial score (nSPS) is 12.5. The van der Waals surface area contributed by atoms with Crippen LogP contribution in [0.2, 0.25) is 0 Å². The molecule has 13 heavy (non-hydrogen) atoms. The Balaban J connectivity index is 2.50. The predicted octanol–water partition coefficient (Wildman–Crippen LogP) is 2.12. The molecule has 3 nitrogen and oxygen atoms in total. The molecule has 1 heterocycles. The van der Waals surface area contributed by atoms with Crippen molar-refractivity contribution < 1.29 is 0 Å². The summed E-state index contributed by atoms with van der Waals surface area (Å²) in [7, 11) is 0. The number of aromatic nitrogens is 1. The zero-order chi connectivity index (χ0) is 9.68. The van der Waals surface area contributed by atoms with Gasteiger partial charge in [0, 0.05) is 12.7 Å². The van der Waals surface area contributed by atoms with Gasteiger partial charge in [0.2, 0.25) is 0 Å². The molecular formula is C10H17N3. The van der Waals surface area contributed by atoms with E-state index in [1.54, 1.807) is 6.20 Å². The van der Waals surface area contributed by atoms with Crippen molar-refractivity contribution >= 4 is 11.5 Å². The van der Waals surface area contributed by atoms with E-state index in [4.69, 9.17) is 5.73 Å². The molecule has 1 atom stereocenters. The number of hydrogen-bond donors (Lipinski definition) is 2. The number of nitrogens with two attached hydrogens (primary N) is 1. The molecule has 0 saturated heterocycles. The van der Waals surface area contributed by atoms with Gasteiger partial charge in [0.1, 0.15) is 5.82 Å². The first-order chi connectivity index (χ1) is 6.24. The molecular weight excluding hydrogens is 162 g/mol. The Hall–Kier alpha value is -1.25. The first-order valence-corrected chi connectivity index (χ1v) is 4.68. The maximum absolute atomic E-state index is 5.72. The predicted molar refractivity (Wildman–Crippen MR) is 56.6 cm³/mol. The third kappa shape index (κ3) is 2.93. The monoisotopic (exact) mass is 179 g/mol. The highest BCUT2D eigenvalue weighted by Gasteiger charge is 2.01. The third-order valence-electron chi connectivity index (χ3n) is 2.15. The summed E-state index contributed by atoms with van der Waals surface area (Å²) >= 11 is 0. The molecule has 3 N–H and O–H groups in total. The van der Waals surface area contributed by atoms with Gasteiger partial charge in [0.15, 0.2) is 0 Å². The second-order valence-corrected chi connectivity index (χ2v) is 3.34. The second-order valence-electron chi connectivity index (χ2n) is 3.34. The molecule has 72 valence electrons. The number of hydrogen-bond acceptors (Lipinski definition) is 3. The van der Waals surface area contributed by atoms with Crippen LogP contribution in [0, 0.1) is 5.92 Å². The number of pyridine rings is 1. The summed E-state index contributed by atoms with van der Waals surface area (Å²) in [6.45, 7) is 5.30. The van der Waals surface area contributed by atoms with Gasteiger partial charge < -0.3 is 11.1 Å². The topological polar surface area (TPSA) is 50.9 Å². The Labute approximate surface area is 79.4 Å². The molecule has 0 aromatic carbocycles. The van der Waals surface area contributed by atoms with Crippen molar-refractivity contribution in [3.05, 3.63) is 18.3 Å². The number of nitrogen functional groups attached to an aromatic ring is 1. The summed E-state index contributed by atoms with van der Waals surface area (Å²) in [6, 6.07) is 3.69. The van der Waals surface area contributed by atoms with E-state index in [-0.39, 0.29) is 0 Å². The maximum atomic E-state index is 5.72. The lowest BCUT2D eigenvalue weighted by Gasteiger charge is -2.11. The van der Waals surface area contributed by atoms with Crippen LogP contribution in [-0.4, -0.2) is 11.5 Å². The molecule has 1 aromatic rings. The molecule has 0 saturated carbocycles. The van der Waals surface area contributed by atoms with Gasteiger partial charge in [-0.05, 0) is 18.1 Å². The molecule has 1 aromatic heterocycles. The number of rotatable bonds is 4. The fraction of sp³-hybridized carbons (Fsp3) is 0.500. The summed E-state index contributed by atoms with van der Waals surface area (Å²) < 4.78 is 0. The van der Waals surface area contributed by atoms with Crippen LogP contribution in [-0.2, 0) is 0 Å². The van der Waals surface area contributed by atoms with Crippen LogP contribution in [0.15, 0.2) is 18.3 Å². The summed E-state index contributed by atoms with van der Waals surface area (Å²) in [5.41, 5.74) is 6.44. The highest BCUT2D eigenvalue weighted by atomic mass is 15.0. The van der Waals surface area contributed by atoms with E-state index in [9.17, 15) is 0 Å². The van der Waals surface area contributed by atoms with Gasteiger partial charge >= 0.3 is 0 Å². The highest BCUT2D eigenvalue weighted by molar-refractivity contribution is 5.60. The molecule has 1 rings (SSSR count).